The van der Waals surface area contributed by atoms with Crippen molar-refractivity contribution in [3.63, 3.8) is 0 Å². The van der Waals surface area contributed by atoms with Gasteiger partial charge in [0.05, 0.1) is 24.3 Å². The van der Waals surface area contributed by atoms with Gasteiger partial charge in [0, 0.05) is 5.57 Å². The number of carbonyl (C=O) groups excluding carboxylic acids is 2. The van der Waals surface area contributed by atoms with Crippen molar-refractivity contribution in [2.45, 2.75) is 97.8 Å². The van der Waals surface area contributed by atoms with Crippen molar-refractivity contribution in [2.75, 3.05) is 13.2 Å². The average Bonchev–Trinajstić information content (AvgIpc) is 2.83. The number of ether oxygens (including phenoxy) is 2. The molecule has 1 aromatic carbocycles. The summed E-state index contributed by atoms with van der Waals surface area (Å²) in [6, 6.07) is 6.74. The maximum Gasteiger partial charge on any atom is 0.339 e. The van der Waals surface area contributed by atoms with Gasteiger partial charge in [0.15, 0.2) is 0 Å². The topological polar surface area (TPSA) is 89.9 Å². The maximum absolute atomic E-state index is 12.4. The Kier molecular flexibility index (Phi) is 19.3. The van der Waals surface area contributed by atoms with E-state index < -0.39 is 17.9 Å². The molecule has 0 unspecified atom stereocenters. The van der Waals surface area contributed by atoms with Crippen molar-refractivity contribution in [1.29, 1.82) is 0 Å². The van der Waals surface area contributed by atoms with Gasteiger partial charge in [-0.25, -0.2) is 14.4 Å². The molecule has 0 aliphatic heterocycles. The van der Waals surface area contributed by atoms with E-state index in [-0.39, 0.29) is 5.57 Å². The molecular weight excluding hydrogens is 432 g/mol. The van der Waals surface area contributed by atoms with Gasteiger partial charge in [0.25, 0.3) is 0 Å². The predicted molar refractivity (Wildman–Crippen MR) is 136 cm³/mol. The van der Waals surface area contributed by atoms with Gasteiger partial charge in [-0.15, -0.1) is 0 Å². The summed E-state index contributed by atoms with van der Waals surface area (Å²) < 4.78 is 10.7. The molecule has 1 aromatic rings. The van der Waals surface area contributed by atoms with Crippen molar-refractivity contribution in [3.05, 3.63) is 47.5 Å². The first-order chi connectivity index (χ1) is 16.3. The number of carboxylic acid groups (broad SMARTS) is 1. The second-order valence-corrected chi connectivity index (χ2v) is 8.44. The molecule has 0 aromatic heterocycles. The van der Waals surface area contributed by atoms with Crippen LogP contribution in [0.5, 0.6) is 0 Å². The second kappa shape index (κ2) is 20.9. The van der Waals surface area contributed by atoms with Crippen LogP contribution in [-0.4, -0.2) is 36.2 Å². The lowest BCUT2D eigenvalue weighted by Gasteiger charge is -2.10. The number of esters is 2. The minimum atomic E-state index is -0.935. The third kappa shape index (κ3) is 16.1. The Bertz CT molecular complexity index is 664. The highest BCUT2D eigenvalue weighted by Gasteiger charge is 2.18. The molecule has 34 heavy (non-hydrogen) atoms. The minimum absolute atomic E-state index is 0.176. The number of hydrogen-bond acceptors (Lipinski definition) is 5. The van der Waals surface area contributed by atoms with Gasteiger partial charge >= 0.3 is 17.9 Å². The lowest BCUT2D eigenvalue weighted by molar-refractivity contribution is -0.132. The largest absolute Gasteiger partial charge is 0.478 e. The van der Waals surface area contributed by atoms with Crippen molar-refractivity contribution < 1.29 is 29.0 Å². The third-order valence-electron chi connectivity index (χ3n) is 5.19. The fraction of sp³-hybridized carbons (Fsp3) is 0.607. The Labute approximate surface area is 205 Å². The smallest absolute Gasteiger partial charge is 0.339 e. The summed E-state index contributed by atoms with van der Waals surface area (Å²) in [7, 11) is 0. The SMILES string of the molecule is C=C(C)C(=O)O.CCCCCCCCOC(=O)c1ccccc1C(=O)OCCCCCCCC. The van der Waals surface area contributed by atoms with Crippen molar-refractivity contribution in [2.24, 2.45) is 0 Å². The molecule has 0 radical (unpaired) electrons. The average molecular weight is 477 g/mol. The zero-order chi connectivity index (χ0) is 25.6. The molecule has 6 nitrogen and oxygen atoms in total. The Hall–Kier alpha value is -2.63. The van der Waals surface area contributed by atoms with Crippen LogP contribution in [0.2, 0.25) is 0 Å². The van der Waals surface area contributed by atoms with Crippen LogP contribution in [0.4, 0.5) is 0 Å². The molecule has 0 heterocycles. The molecule has 1 N–H and O–H groups in total. The number of hydrogen-bond donors (Lipinski definition) is 1. The van der Waals surface area contributed by atoms with E-state index in [4.69, 9.17) is 14.6 Å². The van der Waals surface area contributed by atoms with Gasteiger partial charge in [0.1, 0.15) is 0 Å². The number of unbranched alkanes of at least 4 members (excludes halogenated alkanes) is 10. The summed E-state index contributed by atoms with van der Waals surface area (Å²) in [6.07, 6.45) is 13.6. The van der Waals surface area contributed by atoms with Gasteiger partial charge in [-0.2, -0.15) is 0 Å². The first-order valence-electron chi connectivity index (χ1n) is 12.7. The predicted octanol–water partition coefficient (Wildman–Crippen LogP) is 7.37. The zero-order valence-electron chi connectivity index (χ0n) is 21.4. The van der Waals surface area contributed by atoms with E-state index in [9.17, 15) is 14.4 Å². The molecule has 0 aliphatic rings. The van der Waals surface area contributed by atoms with Crippen molar-refractivity contribution >= 4 is 17.9 Å². The van der Waals surface area contributed by atoms with Gasteiger partial charge in [0.2, 0.25) is 0 Å². The molecule has 192 valence electrons. The van der Waals surface area contributed by atoms with Crippen LogP contribution in [-0.2, 0) is 14.3 Å². The molecule has 1 rings (SSSR count). The van der Waals surface area contributed by atoms with E-state index in [2.05, 4.69) is 20.4 Å². The molecule has 0 atom stereocenters. The van der Waals surface area contributed by atoms with Gasteiger partial charge < -0.3 is 14.6 Å². The van der Waals surface area contributed by atoms with Gasteiger partial charge in [-0.1, -0.05) is 96.8 Å². The number of aliphatic carboxylic acids is 1. The highest BCUT2D eigenvalue weighted by molar-refractivity contribution is 6.03. The summed E-state index contributed by atoms with van der Waals surface area (Å²) in [5.41, 5.74) is 0.762. The molecule has 0 saturated heterocycles. The van der Waals surface area contributed by atoms with E-state index >= 15 is 0 Å². The normalized spacial score (nSPS) is 10.1. The second-order valence-electron chi connectivity index (χ2n) is 8.44. The van der Waals surface area contributed by atoms with Crippen LogP contribution >= 0.6 is 0 Å². The van der Waals surface area contributed by atoms with E-state index in [1.165, 1.54) is 58.3 Å². The van der Waals surface area contributed by atoms with Crippen molar-refractivity contribution in [3.8, 4) is 0 Å². The Morgan fingerprint density at radius 2 is 1.03 bits per heavy atom. The van der Waals surface area contributed by atoms with Crippen LogP contribution in [0.1, 0.15) is 119 Å². The standard InChI is InChI=1S/C24H38O4.C4H6O2/c1-3-5-7-9-11-15-19-27-23(25)21-17-13-14-18-22(21)24(26)28-20-16-12-10-8-6-4-2;1-3(2)4(5)6/h13-14,17-18H,3-12,15-16,19-20H2,1-2H3;1H2,2H3,(H,5,6). The number of carbonyl (C=O) groups is 3. The van der Waals surface area contributed by atoms with E-state index in [0.29, 0.717) is 24.3 Å². The van der Waals surface area contributed by atoms with Gasteiger partial charge in [-0.3, -0.25) is 0 Å². The highest BCUT2D eigenvalue weighted by atomic mass is 16.5. The number of benzene rings is 1. The highest BCUT2D eigenvalue weighted by Crippen LogP contribution is 2.14. The van der Waals surface area contributed by atoms with Crippen LogP contribution in [0, 0.1) is 0 Å². The van der Waals surface area contributed by atoms with E-state index in [1.807, 2.05) is 0 Å². The van der Waals surface area contributed by atoms with Crippen LogP contribution in [0.3, 0.4) is 0 Å². The molecule has 0 saturated carbocycles. The van der Waals surface area contributed by atoms with Gasteiger partial charge in [-0.05, 0) is 31.9 Å². The lowest BCUT2D eigenvalue weighted by Crippen LogP contribution is -2.15. The number of rotatable bonds is 17. The first-order valence-corrected chi connectivity index (χ1v) is 12.7. The lowest BCUT2D eigenvalue weighted by atomic mass is 10.1. The fourth-order valence-corrected chi connectivity index (χ4v) is 3.09. The molecular formula is C28H44O6. The fourth-order valence-electron chi connectivity index (χ4n) is 3.09. The summed E-state index contributed by atoms with van der Waals surface area (Å²) in [5.74, 6) is -1.82. The first kappa shape index (κ1) is 31.4. The summed E-state index contributed by atoms with van der Waals surface area (Å²) in [5, 5.41) is 7.89. The molecule has 0 aliphatic carbocycles. The molecule has 0 spiro atoms. The van der Waals surface area contributed by atoms with Crippen LogP contribution in [0.15, 0.2) is 36.4 Å². The third-order valence-corrected chi connectivity index (χ3v) is 5.19. The molecule has 0 bridgehead atoms. The Balaban J connectivity index is 0.00000160. The summed E-state index contributed by atoms with van der Waals surface area (Å²) >= 11 is 0. The van der Waals surface area contributed by atoms with Crippen LogP contribution < -0.4 is 0 Å². The molecule has 6 heteroatoms. The summed E-state index contributed by atoms with van der Waals surface area (Å²) in [6.45, 7) is 9.78. The monoisotopic (exact) mass is 476 g/mol. The quantitative estimate of drug-likeness (QED) is 0.143. The Morgan fingerprint density at radius 1 is 0.706 bits per heavy atom. The minimum Gasteiger partial charge on any atom is -0.478 e. The summed E-state index contributed by atoms with van der Waals surface area (Å²) in [4.78, 5) is 34.3. The number of carboxylic acids is 1. The zero-order valence-corrected chi connectivity index (χ0v) is 21.4. The van der Waals surface area contributed by atoms with Crippen LogP contribution in [0.25, 0.3) is 0 Å². The van der Waals surface area contributed by atoms with Crippen molar-refractivity contribution in [1.82, 2.24) is 0 Å². The van der Waals surface area contributed by atoms with E-state index in [0.717, 1.165) is 25.7 Å². The Morgan fingerprint density at radius 3 is 1.35 bits per heavy atom. The maximum atomic E-state index is 12.4. The molecule has 0 fully saturated rings. The molecule has 0 amide bonds. The van der Waals surface area contributed by atoms with E-state index in [1.54, 1.807) is 24.3 Å².